The van der Waals surface area contributed by atoms with Crippen molar-refractivity contribution in [3.05, 3.63) is 67.6 Å². The second kappa shape index (κ2) is 16.6. The van der Waals surface area contributed by atoms with Gasteiger partial charge in [-0.05, 0) is 67.6 Å². The van der Waals surface area contributed by atoms with Gasteiger partial charge in [0.15, 0.2) is 0 Å². The van der Waals surface area contributed by atoms with Crippen molar-refractivity contribution in [1.29, 1.82) is 0 Å². The third kappa shape index (κ3) is 9.27. The molecule has 8 nitrogen and oxygen atoms in total. The zero-order valence-electron chi connectivity index (χ0n) is 22.8. The van der Waals surface area contributed by atoms with E-state index in [0.717, 1.165) is 24.1 Å². The molecule has 0 radical (unpaired) electrons. The number of halogens is 5. The summed E-state index contributed by atoms with van der Waals surface area (Å²) in [6, 6.07) is 10.3. The highest BCUT2D eigenvalue weighted by Gasteiger charge is 2.37. The number of carbonyl (C=O) groups excluding carboxylic acids is 3. The summed E-state index contributed by atoms with van der Waals surface area (Å²) in [6.45, 7) is 1.18. The minimum Gasteiger partial charge on any atom is -0.469 e. The van der Waals surface area contributed by atoms with Gasteiger partial charge in [-0.25, -0.2) is 4.79 Å². The molecule has 4 unspecified atom stereocenters. The maximum atomic E-state index is 12.0. The van der Waals surface area contributed by atoms with Gasteiger partial charge in [0.1, 0.15) is 0 Å². The van der Waals surface area contributed by atoms with Crippen LogP contribution in [0, 0.1) is 11.8 Å². The van der Waals surface area contributed by atoms with E-state index in [-0.39, 0.29) is 48.3 Å². The molecule has 1 N–H and O–H groups in total. The van der Waals surface area contributed by atoms with E-state index in [9.17, 15) is 14.4 Å². The SMILES string of the molecule is COC(=O)C1CCN(C(=O)OC)C(c2ccc(Cl)cc2Cl)C1.COC(=O)C1CCNC(c2ccc(Cl)cc2Cl)C1.Cl. The normalized spacial score (nSPS) is 21.9. The standard InChI is InChI=1S/C15H17Cl2NO4.C13H15Cl2NO2.ClH/c1-21-14(19)9-5-6-18(15(20)22-2)13(7-9)11-4-3-10(16)8-12(11)17;1-18-13(17)8-4-5-16-12(6-8)10-3-2-9(14)7-11(10)15;/h3-4,8-9,13H,5-7H2,1-2H3;2-3,7-8,12,16H,4-6H2,1H3;1H. The lowest BCUT2D eigenvalue weighted by molar-refractivity contribution is -0.148. The third-order valence-electron chi connectivity index (χ3n) is 7.14. The van der Waals surface area contributed by atoms with Crippen molar-refractivity contribution < 1.29 is 28.6 Å². The largest absolute Gasteiger partial charge is 0.469 e. The number of amides is 1. The molecule has 2 fully saturated rings. The van der Waals surface area contributed by atoms with Gasteiger partial charge >= 0.3 is 18.0 Å². The van der Waals surface area contributed by atoms with Crippen molar-refractivity contribution in [1.82, 2.24) is 10.2 Å². The van der Waals surface area contributed by atoms with E-state index in [2.05, 4.69) is 5.32 Å². The number of carbonyl (C=O) groups is 3. The predicted molar refractivity (Wildman–Crippen MR) is 162 cm³/mol. The van der Waals surface area contributed by atoms with Crippen molar-refractivity contribution in [3.63, 3.8) is 0 Å². The summed E-state index contributed by atoms with van der Waals surface area (Å²) >= 11 is 24.2. The summed E-state index contributed by atoms with van der Waals surface area (Å²) in [5, 5.41) is 5.58. The van der Waals surface area contributed by atoms with Gasteiger partial charge in [0, 0.05) is 32.7 Å². The van der Waals surface area contributed by atoms with Crippen LogP contribution in [0.5, 0.6) is 0 Å². The van der Waals surface area contributed by atoms with Crippen LogP contribution in [0.1, 0.15) is 48.9 Å². The molecule has 0 aliphatic carbocycles. The maximum Gasteiger partial charge on any atom is 0.409 e. The lowest BCUT2D eigenvalue weighted by Crippen LogP contribution is -2.43. The fourth-order valence-electron chi connectivity index (χ4n) is 5.07. The lowest BCUT2D eigenvalue weighted by atomic mass is 9.87. The second-order valence-corrected chi connectivity index (χ2v) is 11.2. The van der Waals surface area contributed by atoms with Crippen LogP contribution in [0.25, 0.3) is 0 Å². The second-order valence-electron chi connectivity index (χ2n) is 9.51. The summed E-state index contributed by atoms with van der Waals surface area (Å²) in [7, 11) is 4.11. The van der Waals surface area contributed by atoms with Gasteiger partial charge in [0.05, 0.1) is 39.2 Å². The Hall–Kier alpha value is -1.94. The van der Waals surface area contributed by atoms with Crippen molar-refractivity contribution >= 4 is 76.8 Å². The minimum absolute atomic E-state index is 0. The molecule has 0 aromatic heterocycles. The number of hydrogen-bond acceptors (Lipinski definition) is 7. The molecule has 2 heterocycles. The number of esters is 2. The van der Waals surface area contributed by atoms with E-state index >= 15 is 0 Å². The summed E-state index contributed by atoms with van der Waals surface area (Å²) in [6.07, 6.45) is 2.02. The Balaban J connectivity index is 0.000000285. The first-order valence-electron chi connectivity index (χ1n) is 12.7. The average Bonchev–Trinajstić information content (AvgIpc) is 2.96. The number of benzene rings is 2. The monoisotopic (exact) mass is 668 g/mol. The molecule has 2 saturated heterocycles. The van der Waals surface area contributed by atoms with Gasteiger partial charge < -0.3 is 24.4 Å². The number of methoxy groups -OCH3 is 3. The number of hydrogen-bond donors (Lipinski definition) is 1. The van der Waals surface area contributed by atoms with Crippen molar-refractivity contribution in [2.45, 2.75) is 37.8 Å². The molecule has 13 heteroatoms. The molecule has 4 rings (SSSR count). The quantitative estimate of drug-likeness (QED) is 0.269. The predicted octanol–water partition coefficient (Wildman–Crippen LogP) is 7.31. The maximum absolute atomic E-state index is 12.0. The van der Waals surface area contributed by atoms with Crippen LogP contribution in [0.4, 0.5) is 4.79 Å². The summed E-state index contributed by atoms with van der Waals surface area (Å²) in [5.74, 6) is -0.762. The van der Waals surface area contributed by atoms with Gasteiger partial charge in [-0.15, -0.1) is 12.4 Å². The Morgan fingerprint density at radius 2 is 1.32 bits per heavy atom. The summed E-state index contributed by atoms with van der Waals surface area (Å²) < 4.78 is 14.4. The van der Waals surface area contributed by atoms with Crippen molar-refractivity contribution in [3.8, 4) is 0 Å². The van der Waals surface area contributed by atoms with Crippen LogP contribution in [0.15, 0.2) is 36.4 Å². The van der Waals surface area contributed by atoms with Crippen LogP contribution in [0.2, 0.25) is 20.1 Å². The minimum atomic E-state index is -0.445. The molecule has 2 aliphatic heterocycles. The number of nitrogens with zero attached hydrogens (tertiary/aromatic N) is 1. The van der Waals surface area contributed by atoms with Gasteiger partial charge in [-0.3, -0.25) is 9.59 Å². The first-order chi connectivity index (χ1) is 19.1. The topological polar surface area (TPSA) is 94.2 Å². The zero-order chi connectivity index (χ0) is 29.4. The van der Waals surface area contributed by atoms with E-state index in [4.69, 9.17) is 60.6 Å². The Labute approximate surface area is 266 Å². The highest BCUT2D eigenvalue weighted by atomic mass is 35.5. The summed E-state index contributed by atoms with van der Waals surface area (Å²) in [4.78, 5) is 37.0. The van der Waals surface area contributed by atoms with Gasteiger partial charge in [-0.2, -0.15) is 0 Å². The van der Waals surface area contributed by atoms with E-state index in [0.29, 0.717) is 45.9 Å². The molecule has 4 atom stereocenters. The zero-order valence-corrected chi connectivity index (χ0v) is 26.7. The molecule has 0 spiro atoms. The van der Waals surface area contributed by atoms with Crippen LogP contribution < -0.4 is 5.32 Å². The number of ether oxygens (including phenoxy) is 3. The molecule has 41 heavy (non-hydrogen) atoms. The number of rotatable bonds is 4. The molecular weight excluding hydrogens is 638 g/mol. The number of piperidine rings is 2. The van der Waals surface area contributed by atoms with Crippen molar-refractivity contribution in [2.75, 3.05) is 34.4 Å². The van der Waals surface area contributed by atoms with E-state index < -0.39 is 6.09 Å². The van der Waals surface area contributed by atoms with Crippen molar-refractivity contribution in [2.24, 2.45) is 11.8 Å². The van der Waals surface area contributed by atoms with Gasteiger partial charge in [0.25, 0.3) is 0 Å². The molecule has 226 valence electrons. The van der Waals surface area contributed by atoms with Crippen LogP contribution in [0.3, 0.4) is 0 Å². The van der Waals surface area contributed by atoms with Crippen LogP contribution >= 0.6 is 58.8 Å². The Kier molecular flexibility index (Phi) is 14.3. The molecule has 0 bridgehead atoms. The molecule has 2 aromatic carbocycles. The Morgan fingerprint density at radius 3 is 1.83 bits per heavy atom. The van der Waals surface area contributed by atoms with Crippen LogP contribution in [-0.4, -0.2) is 57.4 Å². The Morgan fingerprint density at radius 1 is 0.780 bits per heavy atom. The smallest absolute Gasteiger partial charge is 0.409 e. The Bertz CT molecular complexity index is 1220. The van der Waals surface area contributed by atoms with E-state index in [1.165, 1.54) is 21.3 Å². The molecule has 0 saturated carbocycles. The first kappa shape index (κ1) is 35.3. The molecule has 2 aromatic rings. The van der Waals surface area contributed by atoms with E-state index in [1.807, 2.05) is 12.1 Å². The average molecular weight is 671 g/mol. The first-order valence-corrected chi connectivity index (χ1v) is 14.2. The number of nitrogens with one attached hydrogen (secondary N) is 1. The lowest BCUT2D eigenvalue weighted by Gasteiger charge is -2.38. The fraction of sp³-hybridized carbons (Fsp3) is 0.464. The summed E-state index contributed by atoms with van der Waals surface area (Å²) in [5.41, 5.74) is 1.72. The fourth-order valence-corrected chi connectivity index (χ4v) is 6.14. The highest BCUT2D eigenvalue weighted by Crippen LogP contribution is 2.39. The van der Waals surface area contributed by atoms with Gasteiger partial charge in [-0.1, -0.05) is 58.5 Å². The molecular formula is C28H33Cl5N2O6. The van der Waals surface area contributed by atoms with Crippen LogP contribution in [-0.2, 0) is 23.8 Å². The number of likely N-dealkylation sites (tertiary alicyclic amines) is 1. The van der Waals surface area contributed by atoms with E-state index in [1.54, 1.807) is 29.2 Å². The third-order valence-corrected chi connectivity index (χ3v) is 8.27. The molecule has 1 amide bonds. The highest BCUT2D eigenvalue weighted by molar-refractivity contribution is 6.35. The molecule has 2 aliphatic rings. The van der Waals surface area contributed by atoms with Gasteiger partial charge in [0.2, 0.25) is 0 Å².